The van der Waals surface area contributed by atoms with E-state index in [1.807, 2.05) is 13.1 Å². The first-order valence-electron chi connectivity index (χ1n) is 12.9. The van der Waals surface area contributed by atoms with E-state index in [-0.39, 0.29) is 12.3 Å². The van der Waals surface area contributed by atoms with Crippen molar-refractivity contribution >= 4 is 5.97 Å². The summed E-state index contributed by atoms with van der Waals surface area (Å²) in [4.78, 5) is 11.7. The maximum Gasteiger partial charge on any atom is 0.303 e. The third-order valence-electron chi connectivity index (χ3n) is 6.60. The molecule has 0 bridgehead atoms. The SMILES string of the molecule is CCCCCC/C=C\CCC[C@H](CNC)[C@H](CCN)[C@H](CCc1ccccc1)CC(=O)O. The second-order valence-corrected chi connectivity index (χ2v) is 9.19. The fourth-order valence-corrected chi connectivity index (χ4v) is 4.89. The van der Waals surface area contributed by atoms with Gasteiger partial charge in [-0.2, -0.15) is 0 Å². The number of aliphatic carboxylic acids is 1. The second-order valence-electron chi connectivity index (χ2n) is 9.19. The highest BCUT2D eigenvalue weighted by molar-refractivity contribution is 5.67. The molecule has 4 N–H and O–H groups in total. The zero-order chi connectivity index (χ0) is 23.4. The molecule has 3 atom stereocenters. The van der Waals surface area contributed by atoms with Gasteiger partial charge in [-0.05, 0) is 94.8 Å². The molecule has 0 spiro atoms. The lowest BCUT2D eigenvalue weighted by molar-refractivity contribution is -0.138. The zero-order valence-electron chi connectivity index (χ0n) is 20.6. The van der Waals surface area contributed by atoms with Crippen molar-refractivity contribution < 1.29 is 9.90 Å². The molecule has 0 aromatic heterocycles. The monoisotopic (exact) mass is 444 g/mol. The lowest BCUT2D eigenvalue weighted by Gasteiger charge is -2.33. The molecule has 0 saturated carbocycles. The predicted octanol–water partition coefficient (Wildman–Crippen LogP) is 6.21. The first kappa shape index (κ1) is 28.4. The van der Waals surface area contributed by atoms with Crippen LogP contribution in [0.2, 0.25) is 0 Å². The molecule has 0 aliphatic carbocycles. The van der Waals surface area contributed by atoms with E-state index in [0.29, 0.717) is 18.4 Å². The molecule has 0 aliphatic rings. The summed E-state index contributed by atoms with van der Waals surface area (Å²) in [6, 6.07) is 10.4. The van der Waals surface area contributed by atoms with Crippen LogP contribution in [-0.4, -0.2) is 31.2 Å². The fourth-order valence-electron chi connectivity index (χ4n) is 4.89. The number of aryl methyl sites for hydroxylation is 1. The molecule has 1 rings (SSSR count). The number of hydrogen-bond donors (Lipinski definition) is 3. The maximum absolute atomic E-state index is 11.7. The van der Waals surface area contributed by atoms with Crippen molar-refractivity contribution in [1.29, 1.82) is 0 Å². The van der Waals surface area contributed by atoms with E-state index < -0.39 is 5.97 Å². The first-order chi connectivity index (χ1) is 15.6. The molecule has 0 aliphatic heterocycles. The number of nitrogens with one attached hydrogen (secondary N) is 1. The van der Waals surface area contributed by atoms with E-state index in [0.717, 1.165) is 45.1 Å². The number of rotatable bonds is 20. The van der Waals surface area contributed by atoms with E-state index in [9.17, 15) is 9.90 Å². The van der Waals surface area contributed by atoms with Gasteiger partial charge in [0, 0.05) is 6.42 Å². The van der Waals surface area contributed by atoms with Gasteiger partial charge in [0.25, 0.3) is 0 Å². The summed E-state index contributed by atoms with van der Waals surface area (Å²) in [7, 11) is 2.00. The Morgan fingerprint density at radius 1 is 1.00 bits per heavy atom. The Bertz CT molecular complexity index is 603. The summed E-state index contributed by atoms with van der Waals surface area (Å²) in [5.41, 5.74) is 7.29. The molecule has 1 aromatic carbocycles. The molecular formula is C28H48N2O2. The van der Waals surface area contributed by atoms with Crippen LogP contribution < -0.4 is 11.1 Å². The molecule has 0 radical (unpaired) electrons. The minimum Gasteiger partial charge on any atom is -0.481 e. The molecule has 0 fully saturated rings. The van der Waals surface area contributed by atoms with Gasteiger partial charge >= 0.3 is 5.97 Å². The lowest BCUT2D eigenvalue weighted by atomic mass is 9.73. The van der Waals surface area contributed by atoms with Gasteiger partial charge in [-0.1, -0.05) is 68.7 Å². The predicted molar refractivity (Wildman–Crippen MR) is 137 cm³/mol. The van der Waals surface area contributed by atoms with Crippen molar-refractivity contribution in [3.63, 3.8) is 0 Å². The number of carbonyl (C=O) groups is 1. The molecule has 32 heavy (non-hydrogen) atoms. The van der Waals surface area contributed by atoms with Gasteiger partial charge in [0.1, 0.15) is 0 Å². The van der Waals surface area contributed by atoms with E-state index in [4.69, 9.17) is 5.73 Å². The van der Waals surface area contributed by atoms with E-state index in [1.165, 1.54) is 37.7 Å². The van der Waals surface area contributed by atoms with Crippen LogP contribution in [0.1, 0.15) is 83.1 Å². The van der Waals surface area contributed by atoms with Gasteiger partial charge in [0.05, 0.1) is 0 Å². The van der Waals surface area contributed by atoms with Gasteiger partial charge in [0.2, 0.25) is 0 Å². The smallest absolute Gasteiger partial charge is 0.303 e. The van der Waals surface area contributed by atoms with Gasteiger partial charge in [-0.25, -0.2) is 0 Å². The number of nitrogens with two attached hydrogens (primary N) is 1. The standard InChI is InChI=1S/C28H48N2O2/c1-3-4-5-6-7-8-9-10-14-17-26(23-30-2)27(20-21-29)25(22-28(31)32)19-18-24-15-12-11-13-16-24/h8-9,11-13,15-16,25-27,30H,3-7,10,14,17-23,29H2,1-2H3,(H,31,32)/b9-8-/t25-,26-,27-/m1/s1. The van der Waals surface area contributed by atoms with Crippen molar-refractivity contribution in [2.24, 2.45) is 23.5 Å². The number of benzene rings is 1. The molecular weight excluding hydrogens is 396 g/mol. The second kappa shape index (κ2) is 18.9. The van der Waals surface area contributed by atoms with Gasteiger partial charge < -0.3 is 16.2 Å². The normalized spacial score (nSPS) is 14.5. The van der Waals surface area contributed by atoms with Crippen LogP contribution >= 0.6 is 0 Å². The van der Waals surface area contributed by atoms with Crippen LogP contribution in [0.3, 0.4) is 0 Å². The topological polar surface area (TPSA) is 75.3 Å². The Kier molecular flexibility index (Phi) is 16.7. The third kappa shape index (κ3) is 13.0. The number of hydrogen-bond acceptors (Lipinski definition) is 3. The summed E-state index contributed by atoms with van der Waals surface area (Å²) in [6.07, 6.45) is 17.4. The van der Waals surface area contributed by atoms with E-state index in [1.54, 1.807) is 0 Å². The average molecular weight is 445 g/mol. The highest BCUT2D eigenvalue weighted by Gasteiger charge is 2.29. The Hall–Kier alpha value is -1.65. The van der Waals surface area contributed by atoms with Gasteiger partial charge in [-0.15, -0.1) is 0 Å². The van der Waals surface area contributed by atoms with E-state index in [2.05, 4.69) is 48.7 Å². The minimum absolute atomic E-state index is 0.156. The lowest BCUT2D eigenvalue weighted by Crippen LogP contribution is -2.34. The molecule has 0 saturated heterocycles. The Morgan fingerprint density at radius 2 is 1.72 bits per heavy atom. The molecule has 4 heteroatoms. The third-order valence-corrected chi connectivity index (χ3v) is 6.60. The highest BCUT2D eigenvalue weighted by Crippen LogP contribution is 2.33. The molecule has 0 unspecified atom stereocenters. The minimum atomic E-state index is -0.695. The van der Waals surface area contributed by atoms with Crippen molar-refractivity contribution in [2.75, 3.05) is 20.1 Å². The molecule has 4 nitrogen and oxygen atoms in total. The number of allylic oxidation sites excluding steroid dienone is 2. The van der Waals surface area contributed by atoms with Crippen LogP contribution in [0.25, 0.3) is 0 Å². The average Bonchev–Trinajstić information content (AvgIpc) is 2.79. The fraction of sp³-hybridized carbons (Fsp3) is 0.679. The summed E-state index contributed by atoms with van der Waals surface area (Å²) in [6.45, 7) is 3.79. The van der Waals surface area contributed by atoms with Crippen molar-refractivity contribution in [3.8, 4) is 0 Å². The molecule has 0 heterocycles. The van der Waals surface area contributed by atoms with E-state index >= 15 is 0 Å². The zero-order valence-corrected chi connectivity index (χ0v) is 20.6. The Balaban J connectivity index is 2.68. The van der Waals surface area contributed by atoms with Crippen LogP contribution in [0.5, 0.6) is 0 Å². The summed E-state index contributed by atoms with van der Waals surface area (Å²) >= 11 is 0. The highest BCUT2D eigenvalue weighted by atomic mass is 16.4. The van der Waals surface area contributed by atoms with Gasteiger partial charge in [-0.3, -0.25) is 4.79 Å². The Morgan fingerprint density at radius 3 is 2.34 bits per heavy atom. The van der Waals surface area contributed by atoms with Gasteiger partial charge in [0.15, 0.2) is 0 Å². The maximum atomic E-state index is 11.7. The summed E-state index contributed by atoms with van der Waals surface area (Å²) < 4.78 is 0. The molecule has 0 amide bonds. The van der Waals surface area contributed by atoms with Crippen LogP contribution in [-0.2, 0) is 11.2 Å². The van der Waals surface area contributed by atoms with Crippen LogP contribution in [0.15, 0.2) is 42.5 Å². The van der Waals surface area contributed by atoms with Crippen molar-refractivity contribution in [3.05, 3.63) is 48.0 Å². The number of carboxylic acids is 1. The summed E-state index contributed by atoms with van der Waals surface area (Å²) in [5.74, 6) is 0.259. The number of unbranched alkanes of at least 4 members (excludes halogenated alkanes) is 5. The molecule has 182 valence electrons. The van der Waals surface area contributed by atoms with Crippen LogP contribution in [0.4, 0.5) is 0 Å². The van der Waals surface area contributed by atoms with Crippen molar-refractivity contribution in [2.45, 2.75) is 84.0 Å². The Labute approximate surface area is 197 Å². The largest absolute Gasteiger partial charge is 0.481 e. The van der Waals surface area contributed by atoms with Crippen molar-refractivity contribution in [1.82, 2.24) is 5.32 Å². The quantitative estimate of drug-likeness (QED) is 0.165. The first-order valence-corrected chi connectivity index (χ1v) is 12.9. The summed E-state index contributed by atoms with van der Waals surface area (Å²) in [5, 5.41) is 13.0. The molecule has 1 aromatic rings. The number of carboxylic acid groups (broad SMARTS) is 1. The van der Waals surface area contributed by atoms with Crippen LogP contribution in [0, 0.1) is 17.8 Å².